The van der Waals surface area contributed by atoms with Crippen LogP contribution in [0.4, 0.5) is 10.1 Å². The second-order valence-electron chi connectivity index (χ2n) is 4.12. The van der Waals surface area contributed by atoms with Crippen LogP contribution in [0.2, 0.25) is 0 Å². The molecule has 0 aliphatic heterocycles. The molecule has 0 spiro atoms. The van der Waals surface area contributed by atoms with Gasteiger partial charge in [-0.3, -0.25) is 4.72 Å². The van der Waals surface area contributed by atoms with Crippen molar-refractivity contribution in [2.75, 3.05) is 11.0 Å². The number of hydrogen-bond acceptors (Lipinski definition) is 3. The van der Waals surface area contributed by atoms with Crippen LogP contribution in [0.5, 0.6) is 5.75 Å². The normalized spacial score (nSPS) is 11.3. The molecule has 4 nitrogen and oxygen atoms in total. The first-order chi connectivity index (χ1) is 8.85. The Kier molecular flexibility index (Phi) is 3.44. The maximum absolute atomic E-state index is 13.7. The third kappa shape index (κ3) is 3.45. The zero-order valence-corrected chi connectivity index (χ0v) is 10.9. The minimum atomic E-state index is -3.38. The molecule has 2 N–H and O–H groups in total. The summed E-state index contributed by atoms with van der Waals surface area (Å²) < 4.78 is 38.3. The van der Waals surface area contributed by atoms with Gasteiger partial charge in [0.2, 0.25) is 10.0 Å². The summed E-state index contributed by atoms with van der Waals surface area (Å²) >= 11 is 0. The van der Waals surface area contributed by atoms with Gasteiger partial charge in [0.15, 0.2) is 0 Å². The van der Waals surface area contributed by atoms with E-state index in [4.69, 9.17) is 5.11 Å². The molecule has 2 aromatic rings. The van der Waals surface area contributed by atoms with Crippen molar-refractivity contribution in [1.82, 2.24) is 0 Å². The maximum atomic E-state index is 13.7. The van der Waals surface area contributed by atoms with Crippen LogP contribution in [0, 0.1) is 5.82 Å². The lowest BCUT2D eigenvalue weighted by atomic mass is 10.0. The van der Waals surface area contributed by atoms with Gasteiger partial charge in [-0.15, -0.1) is 0 Å². The number of aromatic hydroxyl groups is 1. The Balaban J connectivity index is 2.43. The fourth-order valence-electron chi connectivity index (χ4n) is 1.70. The monoisotopic (exact) mass is 281 g/mol. The van der Waals surface area contributed by atoms with Crippen molar-refractivity contribution in [3.63, 3.8) is 0 Å². The van der Waals surface area contributed by atoms with E-state index in [9.17, 15) is 12.8 Å². The number of rotatable bonds is 3. The third-order valence-corrected chi connectivity index (χ3v) is 3.04. The first-order valence-electron chi connectivity index (χ1n) is 5.42. The zero-order valence-electron chi connectivity index (χ0n) is 10.1. The molecule has 0 aliphatic carbocycles. The van der Waals surface area contributed by atoms with Crippen molar-refractivity contribution in [1.29, 1.82) is 0 Å². The highest BCUT2D eigenvalue weighted by atomic mass is 32.2. The van der Waals surface area contributed by atoms with E-state index >= 15 is 0 Å². The molecule has 0 aliphatic rings. The molecule has 0 radical (unpaired) electrons. The molecule has 0 heterocycles. The van der Waals surface area contributed by atoms with Crippen LogP contribution in [0.15, 0.2) is 42.5 Å². The third-order valence-electron chi connectivity index (χ3n) is 2.43. The number of benzene rings is 2. The van der Waals surface area contributed by atoms with Crippen LogP contribution in [0.1, 0.15) is 0 Å². The van der Waals surface area contributed by atoms with Crippen LogP contribution < -0.4 is 4.72 Å². The predicted octanol–water partition coefficient (Wildman–Crippen LogP) is 2.57. The maximum Gasteiger partial charge on any atom is 0.229 e. The van der Waals surface area contributed by atoms with Crippen LogP contribution in [-0.2, 0) is 10.0 Å². The summed E-state index contributed by atoms with van der Waals surface area (Å²) in [4.78, 5) is 0. The number of nitrogens with one attached hydrogen (secondary N) is 1. The fourth-order valence-corrected chi connectivity index (χ4v) is 2.26. The SMILES string of the molecule is CS(=O)(=O)Nc1cccc(-c2ccc(O)cc2F)c1. The zero-order chi connectivity index (χ0) is 14.0. The molecule has 0 aromatic heterocycles. The van der Waals surface area contributed by atoms with E-state index in [0.29, 0.717) is 11.3 Å². The molecule has 19 heavy (non-hydrogen) atoms. The summed E-state index contributed by atoms with van der Waals surface area (Å²) in [5.74, 6) is -0.733. The predicted molar refractivity (Wildman–Crippen MR) is 72.0 cm³/mol. The Morgan fingerprint density at radius 2 is 1.89 bits per heavy atom. The highest BCUT2D eigenvalue weighted by Gasteiger charge is 2.08. The summed E-state index contributed by atoms with van der Waals surface area (Å²) in [5, 5.41) is 9.16. The lowest BCUT2D eigenvalue weighted by molar-refractivity contribution is 0.469. The van der Waals surface area contributed by atoms with Crippen molar-refractivity contribution >= 4 is 15.7 Å². The molecule has 0 saturated heterocycles. The van der Waals surface area contributed by atoms with Crippen LogP contribution in [0.25, 0.3) is 11.1 Å². The molecule has 2 aromatic carbocycles. The lowest BCUT2D eigenvalue weighted by Crippen LogP contribution is -2.09. The lowest BCUT2D eigenvalue weighted by Gasteiger charge is -2.08. The largest absolute Gasteiger partial charge is 0.508 e. The summed E-state index contributed by atoms with van der Waals surface area (Å²) in [6.45, 7) is 0. The van der Waals surface area contributed by atoms with Gasteiger partial charge in [-0.25, -0.2) is 12.8 Å². The first kappa shape index (κ1) is 13.4. The molecule has 6 heteroatoms. The highest BCUT2D eigenvalue weighted by molar-refractivity contribution is 7.92. The molecule has 0 saturated carbocycles. The van der Waals surface area contributed by atoms with Gasteiger partial charge in [0, 0.05) is 17.3 Å². The van der Waals surface area contributed by atoms with Gasteiger partial charge < -0.3 is 5.11 Å². The molecule has 0 fully saturated rings. The summed E-state index contributed by atoms with van der Waals surface area (Å²) in [6.07, 6.45) is 1.04. The van der Waals surface area contributed by atoms with E-state index in [1.54, 1.807) is 18.2 Å². The van der Waals surface area contributed by atoms with E-state index in [0.717, 1.165) is 12.3 Å². The minimum Gasteiger partial charge on any atom is -0.508 e. The number of phenolic OH excluding ortho intramolecular Hbond substituents is 1. The Labute approximate surface area is 110 Å². The van der Waals surface area contributed by atoms with Gasteiger partial charge in [0.25, 0.3) is 0 Å². The average molecular weight is 281 g/mol. The Morgan fingerprint density at radius 1 is 1.16 bits per heavy atom. The van der Waals surface area contributed by atoms with Crippen molar-refractivity contribution in [3.8, 4) is 16.9 Å². The Bertz CT molecular complexity index is 714. The Morgan fingerprint density at radius 3 is 2.53 bits per heavy atom. The minimum absolute atomic E-state index is 0.160. The highest BCUT2D eigenvalue weighted by Crippen LogP contribution is 2.27. The number of anilines is 1. The quantitative estimate of drug-likeness (QED) is 0.908. The molecular weight excluding hydrogens is 269 g/mol. The summed E-state index contributed by atoms with van der Waals surface area (Å²) in [6, 6.07) is 10.2. The van der Waals surface area contributed by atoms with Gasteiger partial charge in [-0.2, -0.15) is 0 Å². The van der Waals surface area contributed by atoms with Gasteiger partial charge in [-0.05, 0) is 29.8 Å². The molecule has 0 bridgehead atoms. The van der Waals surface area contributed by atoms with Gasteiger partial charge in [0.1, 0.15) is 11.6 Å². The fraction of sp³-hybridized carbons (Fsp3) is 0.0769. The van der Waals surface area contributed by atoms with E-state index < -0.39 is 15.8 Å². The van der Waals surface area contributed by atoms with Crippen LogP contribution in [0.3, 0.4) is 0 Å². The number of sulfonamides is 1. The van der Waals surface area contributed by atoms with Crippen LogP contribution in [-0.4, -0.2) is 19.8 Å². The molecular formula is C13H12FNO3S. The molecule has 0 atom stereocenters. The average Bonchev–Trinajstić information content (AvgIpc) is 2.26. The first-order valence-corrected chi connectivity index (χ1v) is 7.31. The number of halogens is 1. The molecule has 0 amide bonds. The molecule has 2 rings (SSSR count). The van der Waals surface area contributed by atoms with Gasteiger partial charge in [0.05, 0.1) is 6.26 Å². The van der Waals surface area contributed by atoms with E-state index in [2.05, 4.69) is 4.72 Å². The second-order valence-corrected chi connectivity index (χ2v) is 5.87. The van der Waals surface area contributed by atoms with E-state index in [1.165, 1.54) is 18.2 Å². The van der Waals surface area contributed by atoms with Gasteiger partial charge >= 0.3 is 0 Å². The number of phenols is 1. The summed E-state index contributed by atoms with van der Waals surface area (Å²) in [5.41, 5.74) is 1.16. The topological polar surface area (TPSA) is 66.4 Å². The molecule has 100 valence electrons. The molecule has 0 unspecified atom stereocenters. The van der Waals surface area contributed by atoms with Gasteiger partial charge in [-0.1, -0.05) is 12.1 Å². The van der Waals surface area contributed by atoms with E-state index in [1.807, 2.05) is 0 Å². The smallest absolute Gasteiger partial charge is 0.229 e. The Hall–Kier alpha value is -2.08. The number of hydrogen-bond donors (Lipinski definition) is 2. The van der Waals surface area contributed by atoms with Crippen molar-refractivity contribution < 1.29 is 17.9 Å². The second kappa shape index (κ2) is 4.89. The van der Waals surface area contributed by atoms with Crippen LogP contribution >= 0.6 is 0 Å². The van der Waals surface area contributed by atoms with Crippen molar-refractivity contribution in [3.05, 3.63) is 48.3 Å². The van der Waals surface area contributed by atoms with Crippen molar-refractivity contribution in [2.24, 2.45) is 0 Å². The van der Waals surface area contributed by atoms with Crippen molar-refractivity contribution in [2.45, 2.75) is 0 Å². The van der Waals surface area contributed by atoms with E-state index in [-0.39, 0.29) is 11.3 Å². The standard InChI is InChI=1S/C13H12FNO3S/c1-19(17,18)15-10-4-2-3-9(7-10)12-6-5-11(16)8-13(12)14/h2-8,15-16H,1H3. The summed E-state index contributed by atoms with van der Waals surface area (Å²) in [7, 11) is -3.38.